The molecule has 0 radical (unpaired) electrons. The molecule has 8 nitrogen and oxygen atoms in total. The van der Waals surface area contributed by atoms with Crippen LogP contribution in [0.4, 0.5) is 17.1 Å². The SMILES string of the molecule is CC(O)c1cn(CC(=O)Nc2cccc3c2N=S=N3)nn1. The summed E-state index contributed by atoms with van der Waals surface area (Å²) in [5.74, 6) is -0.252. The Hall–Kier alpha value is -2.39. The summed E-state index contributed by atoms with van der Waals surface area (Å²) in [5.41, 5.74) is 2.45. The van der Waals surface area contributed by atoms with Crippen molar-refractivity contribution < 1.29 is 9.90 Å². The van der Waals surface area contributed by atoms with Gasteiger partial charge in [0.15, 0.2) is 0 Å². The molecule has 1 aliphatic rings. The lowest BCUT2D eigenvalue weighted by atomic mass is 10.2. The maximum absolute atomic E-state index is 12.0. The molecule has 1 aromatic heterocycles. The summed E-state index contributed by atoms with van der Waals surface area (Å²) < 4.78 is 9.64. The number of amides is 1. The Balaban J connectivity index is 1.70. The molecular weight excluding hydrogens is 292 g/mol. The molecule has 0 fully saturated rings. The van der Waals surface area contributed by atoms with Crippen LogP contribution < -0.4 is 5.32 Å². The number of rotatable bonds is 4. The van der Waals surface area contributed by atoms with E-state index in [-0.39, 0.29) is 12.5 Å². The van der Waals surface area contributed by atoms with Gasteiger partial charge in [-0.1, -0.05) is 11.3 Å². The number of benzene rings is 1. The predicted octanol–water partition coefficient (Wildman–Crippen LogP) is 1.70. The molecule has 3 rings (SSSR count). The van der Waals surface area contributed by atoms with Crippen LogP contribution in [0, 0.1) is 0 Å². The zero-order valence-electron chi connectivity index (χ0n) is 11.1. The average Bonchev–Trinajstić information content (AvgIpc) is 3.07. The minimum Gasteiger partial charge on any atom is -0.387 e. The molecule has 2 aromatic rings. The molecule has 0 saturated carbocycles. The molecule has 0 spiro atoms. The molecule has 0 aliphatic carbocycles. The van der Waals surface area contributed by atoms with Gasteiger partial charge in [0, 0.05) is 0 Å². The standard InChI is InChI=1S/C12H12N6O2S/c1-7(19)10-5-18(17-14-10)6-11(20)13-8-3-2-4-9-12(8)16-21-15-9/h2-5,7,19H,6H2,1H3,(H,13,20). The van der Waals surface area contributed by atoms with Gasteiger partial charge in [-0.25, -0.2) is 4.68 Å². The summed E-state index contributed by atoms with van der Waals surface area (Å²) in [7, 11) is 0. The fourth-order valence-electron chi connectivity index (χ4n) is 1.83. The van der Waals surface area contributed by atoms with Crippen molar-refractivity contribution in [3.8, 4) is 0 Å². The Labute approximate surface area is 123 Å². The van der Waals surface area contributed by atoms with Crippen LogP contribution in [0.1, 0.15) is 18.7 Å². The van der Waals surface area contributed by atoms with Crippen molar-refractivity contribution in [3.05, 3.63) is 30.1 Å². The Morgan fingerprint density at radius 1 is 1.48 bits per heavy atom. The second kappa shape index (κ2) is 5.54. The number of hydrogen-bond donors (Lipinski definition) is 2. The Morgan fingerprint density at radius 3 is 3.10 bits per heavy atom. The summed E-state index contributed by atoms with van der Waals surface area (Å²) in [6.07, 6.45) is 0.825. The smallest absolute Gasteiger partial charge is 0.246 e. The lowest BCUT2D eigenvalue weighted by Gasteiger charge is -2.07. The van der Waals surface area contributed by atoms with Crippen LogP contribution in [0.2, 0.25) is 0 Å². The molecule has 0 bridgehead atoms. The number of anilines is 1. The summed E-state index contributed by atoms with van der Waals surface area (Å²) in [4.78, 5) is 12.0. The second-order valence-corrected chi connectivity index (χ2v) is 5.03. The first kappa shape index (κ1) is 13.6. The van der Waals surface area contributed by atoms with Crippen LogP contribution in [-0.2, 0) is 22.7 Å². The quantitative estimate of drug-likeness (QED) is 0.765. The molecule has 2 heterocycles. The van der Waals surface area contributed by atoms with Gasteiger partial charge in [-0.2, -0.15) is 8.73 Å². The van der Waals surface area contributed by atoms with Crippen LogP contribution in [0.3, 0.4) is 0 Å². The average molecular weight is 304 g/mol. The van der Waals surface area contributed by atoms with E-state index in [1.165, 1.54) is 10.9 Å². The normalized spacial score (nSPS) is 13.6. The minimum atomic E-state index is -0.711. The Kier molecular flexibility index (Phi) is 3.59. The number of nitrogens with one attached hydrogen (secondary N) is 1. The molecule has 9 heteroatoms. The first-order chi connectivity index (χ1) is 10.1. The van der Waals surface area contributed by atoms with E-state index in [0.29, 0.717) is 17.1 Å². The third-order valence-electron chi connectivity index (χ3n) is 2.85. The van der Waals surface area contributed by atoms with Gasteiger partial charge in [-0.3, -0.25) is 4.79 Å². The van der Waals surface area contributed by atoms with E-state index in [0.717, 1.165) is 17.0 Å². The van der Waals surface area contributed by atoms with Gasteiger partial charge < -0.3 is 10.4 Å². The van der Waals surface area contributed by atoms with Crippen molar-refractivity contribution in [1.29, 1.82) is 0 Å². The van der Waals surface area contributed by atoms with Crippen molar-refractivity contribution in [3.63, 3.8) is 0 Å². The zero-order valence-corrected chi connectivity index (χ0v) is 11.9. The highest BCUT2D eigenvalue weighted by Crippen LogP contribution is 2.38. The highest BCUT2D eigenvalue weighted by Gasteiger charge is 2.14. The third kappa shape index (κ3) is 2.88. The molecule has 1 aromatic carbocycles. The first-order valence-corrected chi connectivity index (χ1v) is 6.96. The van der Waals surface area contributed by atoms with Gasteiger partial charge in [0.05, 0.1) is 29.3 Å². The highest BCUT2D eigenvalue weighted by atomic mass is 32.1. The Bertz CT molecular complexity index is 763. The van der Waals surface area contributed by atoms with E-state index in [4.69, 9.17) is 0 Å². The van der Waals surface area contributed by atoms with Crippen molar-refractivity contribution >= 4 is 34.3 Å². The lowest BCUT2D eigenvalue weighted by molar-refractivity contribution is -0.116. The van der Waals surface area contributed by atoms with E-state index in [9.17, 15) is 9.90 Å². The van der Waals surface area contributed by atoms with Gasteiger partial charge >= 0.3 is 0 Å². The van der Waals surface area contributed by atoms with Crippen LogP contribution in [0.5, 0.6) is 0 Å². The second-order valence-electron chi connectivity index (χ2n) is 4.50. The summed E-state index contributed by atoms with van der Waals surface area (Å²) in [6.45, 7) is 1.60. The van der Waals surface area contributed by atoms with Crippen molar-refractivity contribution in [2.75, 3.05) is 5.32 Å². The molecule has 2 N–H and O–H groups in total. The van der Waals surface area contributed by atoms with Crippen molar-refractivity contribution in [2.24, 2.45) is 8.73 Å². The largest absolute Gasteiger partial charge is 0.387 e. The molecule has 1 unspecified atom stereocenters. The van der Waals surface area contributed by atoms with E-state index < -0.39 is 6.10 Å². The van der Waals surface area contributed by atoms with Crippen molar-refractivity contribution in [1.82, 2.24) is 15.0 Å². The maximum atomic E-state index is 12.0. The van der Waals surface area contributed by atoms with Gasteiger partial charge in [0.2, 0.25) is 5.91 Å². The van der Waals surface area contributed by atoms with Crippen molar-refractivity contribution in [2.45, 2.75) is 19.6 Å². The molecule has 1 aliphatic heterocycles. The van der Waals surface area contributed by atoms with E-state index in [1.807, 2.05) is 6.07 Å². The monoisotopic (exact) mass is 304 g/mol. The summed E-state index contributed by atoms with van der Waals surface area (Å²) in [6, 6.07) is 5.41. The third-order valence-corrected chi connectivity index (χ3v) is 3.39. The number of nitrogens with zero attached hydrogens (tertiary/aromatic N) is 5. The molecule has 108 valence electrons. The minimum absolute atomic E-state index is 0.00761. The molecule has 21 heavy (non-hydrogen) atoms. The topological polar surface area (TPSA) is 105 Å². The van der Waals surface area contributed by atoms with Crippen LogP contribution in [0.15, 0.2) is 33.1 Å². The number of aromatic nitrogens is 3. The number of carbonyl (C=O) groups is 1. The van der Waals surface area contributed by atoms with Gasteiger partial charge in [0.25, 0.3) is 0 Å². The van der Waals surface area contributed by atoms with E-state index in [2.05, 4.69) is 24.4 Å². The van der Waals surface area contributed by atoms with Gasteiger partial charge in [0.1, 0.15) is 23.6 Å². The fourth-order valence-corrected chi connectivity index (χ4v) is 2.38. The molecule has 0 saturated heterocycles. The molecule has 1 atom stereocenters. The molecular formula is C12H12N6O2S. The molecule has 1 amide bonds. The summed E-state index contributed by atoms with van der Waals surface area (Å²) in [5, 5.41) is 19.7. The number of aliphatic hydroxyl groups is 1. The van der Waals surface area contributed by atoms with E-state index in [1.54, 1.807) is 19.1 Å². The first-order valence-electron chi connectivity index (χ1n) is 6.22. The zero-order chi connectivity index (χ0) is 14.8. The van der Waals surface area contributed by atoms with Gasteiger partial charge in [-0.05, 0) is 19.1 Å². The van der Waals surface area contributed by atoms with Crippen LogP contribution in [0.25, 0.3) is 0 Å². The van der Waals surface area contributed by atoms with Crippen LogP contribution >= 0.6 is 0 Å². The van der Waals surface area contributed by atoms with Gasteiger partial charge in [-0.15, -0.1) is 5.10 Å². The Morgan fingerprint density at radius 2 is 2.33 bits per heavy atom. The number of fused-ring (bicyclic) bond motifs is 1. The van der Waals surface area contributed by atoms with E-state index >= 15 is 0 Å². The summed E-state index contributed by atoms with van der Waals surface area (Å²) >= 11 is 1.10. The number of hydrogen-bond acceptors (Lipinski definition) is 6. The predicted molar refractivity (Wildman–Crippen MR) is 77.3 cm³/mol. The lowest BCUT2D eigenvalue weighted by Crippen LogP contribution is -2.19. The maximum Gasteiger partial charge on any atom is 0.246 e. The number of aliphatic hydroxyl groups excluding tert-OH is 1. The number of carbonyl (C=O) groups excluding carboxylic acids is 1. The highest BCUT2D eigenvalue weighted by molar-refractivity contribution is 7.58. The fraction of sp³-hybridized carbons (Fsp3) is 0.250. The van der Waals surface area contributed by atoms with Crippen LogP contribution in [-0.4, -0.2) is 26.0 Å².